The van der Waals surface area contributed by atoms with Gasteiger partial charge in [-0.1, -0.05) is 34.6 Å². The van der Waals surface area contributed by atoms with Gasteiger partial charge in [-0.3, -0.25) is 0 Å². The molecule has 2 nitrogen and oxygen atoms in total. The van der Waals surface area contributed by atoms with Crippen LogP contribution >= 0.6 is 11.3 Å². The molecule has 1 aliphatic rings. The van der Waals surface area contributed by atoms with Crippen LogP contribution in [0.2, 0.25) is 0 Å². The molecule has 1 heterocycles. The van der Waals surface area contributed by atoms with E-state index in [1.807, 2.05) is 11.3 Å². The molecule has 3 heteroatoms. The maximum Gasteiger partial charge on any atom is 0.0931 e. The molecule has 0 atom stereocenters. The molecule has 0 radical (unpaired) electrons. The Morgan fingerprint density at radius 2 is 2.00 bits per heavy atom. The van der Waals surface area contributed by atoms with Crippen LogP contribution in [0.15, 0.2) is 0 Å². The highest BCUT2D eigenvalue weighted by atomic mass is 32.1. The van der Waals surface area contributed by atoms with Gasteiger partial charge in [0.15, 0.2) is 0 Å². The first-order valence-corrected chi connectivity index (χ1v) is 8.40. The summed E-state index contributed by atoms with van der Waals surface area (Å²) < 4.78 is 0. The number of hydrogen-bond acceptors (Lipinski definition) is 3. The van der Waals surface area contributed by atoms with E-state index >= 15 is 0 Å². The highest BCUT2D eigenvalue weighted by Gasteiger charge is 2.25. The van der Waals surface area contributed by atoms with Gasteiger partial charge in [-0.25, -0.2) is 4.98 Å². The van der Waals surface area contributed by atoms with E-state index in [2.05, 4.69) is 39.9 Å². The summed E-state index contributed by atoms with van der Waals surface area (Å²) in [6.07, 6.45) is 5.08. The highest BCUT2D eigenvalue weighted by Crippen LogP contribution is 2.31. The van der Waals surface area contributed by atoms with Crippen molar-refractivity contribution in [3.8, 4) is 0 Å². The second-order valence-corrected chi connectivity index (χ2v) is 8.39. The molecular formula is C16H28N2S. The number of nitrogens with zero attached hydrogens (tertiary/aromatic N) is 1. The fourth-order valence-electron chi connectivity index (χ4n) is 2.15. The fourth-order valence-corrected chi connectivity index (χ4v) is 3.40. The summed E-state index contributed by atoms with van der Waals surface area (Å²) in [5.74, 6) is 0.759. The maximum absolute atomic E-state index is 4.93. The summed E-state index contributed by atoms with van der Waals surface area (Å²) in [5, 5.41) is 4.96. The molecule has 19 heavy (non-hydrogen) atoms. The normalized spacial score (nSPS) is 16.3. The van der Waals surface area contributed by atoms with Crippen LogP contribution in [0.3, 0.4) is 0 Å². The molecule has 0 unspecified atom stereocenters. The Balaban J connectivity index is 2.08. The third-order valence-electron chi connectivity index (χ3n) is 3.52. The molecule has 0 bridgehead atoms. The van der Waals surface area contributed by atoms with Crippen LogP contribution in [-0.4, -0.2) is 11.0 Å². The van der Waals surface area contributed by atoms with Crippen LogP contribution in [0, 0.1) is 5.92 Å². The van der Waals surface area contributed by atoms with E-state index < -0.39 is 0 Å². The second kappa shape index (κ2) is 5.92. The van der Waals surface area contributed by atoms with Crippen LogP contribution in [0.25, 0.3) is 0 Å². The van der Waals surface area contributed by atoms with E-state index in [0.29, 0.717) is 0 Å². The lowest BCUT2D eigenvalue weighted by atomic mass is 9.91. The third kappa shape index (κ3) is 4.57. The summed E-state index contributed by atoms with van der Waals surface area (Å²) >= 11 is 1.92. The molecule has 1 aliphatic carbocycles. The van der Waals surface area contributed by atoms with Gasteiger partial charge in [0.2, 0.25) is 0 Å². The zero-order chi connectivity index (χ0) is 14.0. The Bertz CT molecular complexity index is 411. The summed E-state index contributed by atoms with van der Waals surface area (Å²) in [7, 11) is 0. The zero-order valence-corrected chi connectivity index (χ0v) is 13.9. The molecular weight excluding hydrogens is 252 g/mol. The Labute approximate surface area is 122 Å². The Morgan fingerprint density at radius 3 is 2.53 bits per heavy atom. The van der Waals surface area contributed by atoms with Crippen LogP contribution in [0.5, 0.6) is 0 Å². The SMILES string of the molecule is CC(C)CCc1nc(C(C)(C)C)c(CNC2CC2)s1. The minimum absolute atomic E-state index is 0.160. The molecule has 1 aromatic rings. The predicted octanol–water partition coefficient (Wildman–Crippen LogP) is 4.28. The number of nitrogens with one attached hydrogen (secondary N) is 1. The fraction of sp³-hybridized carbons (Fsp3) is 0.812. The molecule has 1 saturated carbocycles. The number of thiazole rings is 1. The number of aryl methyl sites for hydroxylation is 1. The minimum atomic E-state index is 0.160. The van der Waals surface area contributed by atoms with E-state index in [1.54, 1.807) is 0 Å². The van der Waals surface area contributed by atoms with Crippen molar-refractivity contribution in [3.63, 3.8) is 0 Å². The Hall–Kier alpha value is -0.410. The topological polar surface area (TPSA) is 24.9 Å². The van der Waals surface area contributed by atoms with E-state index in [9.17, 15) is 0 Å². The van der Waals surface area contributed by atoms with E-state index in [0.717, 1.165) is 24.9 Å². The smallest absolute Gasteiger partial charge is 0.0931 e. The van der Waals surface area contributed by atoms with Gasteiger partial charge in [0.25, 0.3) is 0 Å². The van der Waals surface area contributed by atoms with Crippen molar-refractivity contribution in [3.05, 3.63) is 15.6 Å². The lowest BCUT2D eigenvalue weighted by Crippen LogP contribution is -2.20. The van der Waals surface area contributed by atoms with E-state index in [4.69, 9.17) is 4.98 Å². The Morgan fingerprint density at radius 1 is 1.32 bits per heavy atom. The van der Waals surface area contributed by atoms with Crippen molar-refractivity contribution in [1.82, 2.24) is 10.3 Å². The second-order valence-electron chi connectivity index (χ2n) is 7.22. The van der Waals surface area contributed by atoms with Gasteiger partial charge in [0.1, 0.15) is 0 Å². The molecule has 1 aromatic heterocycles. The molecule has 0 spiro atoms. The molecule has 0 amide bonds. The zero-order valence-electron chi connectivity index (χ0n) is 13.0. The van der Waals surface area contributed by atoms with E-state index in [-0.39, 0.29) is 5.41 Å². The summed E-state index contributed by atoms with van der Waals surface area (Å²) in [4.78, 5) is 6.39. The molecule has 0 aromatic carbocycles. The summed E-state index contributed by atoms with van der Waals surface area (Å²) in [5.41, 5.74) is 1.47. The van der Waals surface area contributed by atoms with Gasteiger partial charge in [0, 0.05) is 22.9 Å². The number of aromatic nitrogens is 1. The molecule has 2 rings (SSSR count). The first-order chi connectivity index (χ1) is 8.86. The first-order valence-electron chi connectivity index (χ1n) is 7.58. The van der Waals surface area contributed by atoms with Crippen LogP contribution in [0.4, 0.5) is 0 Å². The van der Waals surface area contributed by atoms with Crippen LogP contribution < -0.4 is 5.32 Å². The molecule has 1 fully saturated rings. The lowest BCUT2D eigenvalue weighted by molar-refractivity contribution is 0.551. The molecule has 108 valence electrons. The summed E-state index contributed by atoms with van der Waals surface area (Å²) in [6, 6.07) is 0.772. The quantitative estimate of drug-likeness (QED) is 0.841. The average Bonchev–Trinajstić information content (AvgIpc) is 3.02. The largest absolute Gasteiger partial charge is 0.309 e. The molecule has 0 saturated heterocycles. The monoisotopic (exact) mass is 280 g/mol. The molecule has 1 N–H and O–H groups in total. The van der Waals surface area contributed by atoms with Crippen LogP contribution in [-0.2, 0) is 18.4 Å². The van der Waals surface area contributed by atoms with Crippen molar-refractivity contribution in [1.29, 1.82) is 0 Å². The van der Waals surface area contributed by atoms with E-state index in [1.165, 1.54) is 34.8 Å². The lowest BCUT2D eigenvalue weighted by Gasteiger charge is -2.17. The third-order valence-corrected chi connectivity index (χ3v) is 4.63. The van der Waals surface area contributed by atoms with Crippen molar-refractivity contribution in [2.75, 3.05) is 0 Å². The predicted molar refractivity (Wildman–Crippen MR) is 83.8 cm³/mol. The molecule has 0 aliphatic heterocycles. The van der Waals surface area contributed by atoms with Gasteiger partial charge in [-0.15, -0.1) is 11.3 Å². The van der Waals surface area contributed by atoms with Gasteiger partial charge < -0.3 is 5.32 Å². The minimum Gasteiger partial charge on any atom is -0.309 e. The highest BCUT2D eigenvalue weighted by molar-refractivity contribution is 7.11. The van der Waals surface area contributed by atoms with Gasteiger partial charge >= 0.3 is 0 Å². The van der Waals surface area contributed by atoms with Gasteiger partial charge in [-0.05, 0) is 31.6 Å². The maximum atomic E-state index is 4.93. The summed E-state index contributed by atoms with van der Waals surface area (Å²) in [6.45, 7) is 12.4. The standard InChI is InChI=1S/C16H28N2S/c1-11(2)6-9-14-18-15(16(3,4)5)13(19-14)10-17-12-7-8-12/h11-12,17H,6-10H2,1-5H3. The van der Waals surface area contributed by atoms with Gasteiger partial charge in [-0.2, -0.15) is 0 Å². The van der Waals surface area contributed by atoms with Crippen molar-refractivity contribution in [2.24, 2.45) is 5.92 Å². The van der Waals surface area contributed by atoms with Crippen molar-refractivity contribution in [2.45, 2.75) is 78.3 Å². The van der Waals surface area contributed by atoms with Crippen molar-refractivity contribution >= 4 is 11.3 Å². The Kier molecular flexibility index (Phi) is 4.67. The van der Waals surface area contributed by atoms with Crippen molar-refractivity contribution < 1.29 is 0 Å². The van der Waals surface area contributed by atoms with Crippen LogP contribution in [0.1, 0.15) is 69.5 Å². The number of hydrogen-bond donors (Lipinski definition) is 1. The first kappa shape index (κ1) is 15.0. The number of rotatable bonds is 6. The van der Waals surface area contributed by atoms with Gasteiger partial charge in [0.05, 0.1) is 10.7 Å². The average molecular weight is 280 g/mol.